The SMILES string of the molecule is COc1ccc(-c2nc3n(c2-c2ccc(OC)cc2)C(C)(C)Nc2ccc(Cl)cc2-3)cc1. The third-order valence-electron chi connectivity index (χ3n) is 5.83. The van der Waals surface area contributed by atoms with E-state index in [-0.39, 0.29) is 0 Å². The van der Waals surface area contributed by atoms with Crippen LogP contribution >= 0.6 is 11.6 Å². The number of nitrogens with one attached hydrogen (secondary N) is 1. The molecule has 0 fully saturated rings. The molecule has 0 aliphatic carbocycles. The summed E-state index contributed by atoms with van der Waals surface area (Å²) in [7, 11) is 3.34. The number of ether oxygens (including phenoxy) is 2. The fourth-order valence-corrected chi connectivity index (χ4v) is 4.48. The monoisotopic (exact) mass is 445 g/mol. The van der Waals surface area contributed by atoms with E-state index in [9.17, 15) is 0 Å². The maximum atomic E-state index is 6.37. The standard InChI is InChI=1S/C26H24ClN3O2/c1-26(2)29-22-14-9-18(27)15-21(22)25-28-23(16-5-10-19(31-3)11-6-16)24(30(25)26)17-7-12-20(32-4)13-8-17/h5-15,29H,1-4H3. The van der Waals surface area contributed by atoms with Gasteiger partial charge in [0.25, 0.3) is 0 Å². The summed E-state index contributed by atoms with van der Waals surface area (Å²) in [6, 6.07) is 22.0. The fraction of sp³-hybridized carbons (Fsp3) is 0.192. The molecule has 32 heavy (non-hydrogen) atoms. The quantitative estimate of drug-likeness (QED) is 0.381. The molecule has 0 spiro atoms. The van der Waals surface area contributed by atoms with Crippen LogP contribution < -0.4 is 14.8 Å². The minimum Gasteiger partial charge on any atom is -0.497 e. The summed E-state index contributed by atoms with van der Waals surface area (Å²) in [6.07, 6.45) is 0. The van der Waals surface area contributed by atoms with Gasteiger partial charge in [0.05, 0.1) is 25.6 Å². The third-order valence-corrected chi connectivity index (χ3v) is 6.06. The number of halogens is 1. The maximum Gasteiger partial charge on any atom is 0.145 e. The van der Waals surface area contributed by atoms with Crippen LogP contribution in [0, 0.1) is 0 Å². The highest BCUT2D eigenvalue weighted by molar-refractivity contribution is 6.31. The van der Waals surface area contributed by atoms with Crippen LogP contribution in [0.1, 0.15) is 13.8 Å². The molecule has 4 aromatic rings. The van der Waals surface area contributed by atoms with Crippen molar-refractivity contribution in [3.63, 3.8) is 0 Å². The predicted octanol–water partition coefficient (Wildman–Crippen LogP) is 6.67. The van der Waals surface area contributed by atoms with Crippen LogP contribution in [0.5, 0.6) is 11.5 Å². The Kier molecular flexibility index (Phi) is 4.86. The van der Waals surface area contributed by atoms with Gasteiger partial charge in [-0.1, -0.05) is 11.6 Å². The number of fused-ring (bicyclic) bond motifs is 3. The van der Waals surface area contributed by atoms with Crippen molar-refractivity contribution < 1.29 is 9.47 Å². The van der Waals surface area contributed by atoms with Crippen LogP contribution in [-0.4, -0.2) is 23.8 Å². The van der Waals surface area contributed by atoms with Gasteiger partial charge >= 0.3 is 0 Å². The lowest BCUT2D eigenvalue weighted by Crippen LogP contribution is -2.39. The van der Waals surface area contributed by atoms with Crippen molar-refractivity contribution in [1.82, 2.24) is 9.55 Å². The van der Waals surface area contributed by atoms with Gasteiger partial charge in [-0.25, -0.2) is 4.98 Å². The minimum absolute atomic E-state index is 0.414. The third kappa shape index (κ3) is 3.30. The lowest BCUT2D eigenvalue weighted by molar-refractivity contribution is 0.413. The zero-order chi connectivity index (χ0) is 22.5. The topological polar surface area (TPSA) is 48.3 Å². The molecule has 0 saturated heterocycles. The van der Waals surface area contributed by atoms with E-state index in [1.165, 1.54) is 0 Å². The minimum atomic E-state index is -0.414. The van der Waals surface area contributed by atoms with Gasteiger partial charge in [-0.15, -0.1) is 0 Å². The van der Waals surface area contributed by atoms with Gasteiger partial charge in [-0.05, 0) is 80.6 Å². The highest BCUT2D eigenvalue weighted by atomic mass is 35.5. The summed E-state index contributed by atoms with van der Waals surface area (Å²) in [5.41, 5.74) is 5.56. The Hall–Kier alpha value is -3.44. The summed E-state index contributed by atoms with van der Waals surface area (Å²) in [6.45, 7) is 4.31. The Balaban J connectivity index is 1.82. The molecule has 0 saturated carbocycles. The number of nitrogens with zero attached hydrogens (tertiary/aromatic N) is 2. The number of hydrogen-bond donors (Lipinski definition) is 1. The molecule has 1 aliphatic heterocycles. The van der Waals surface area contributed by atoms with Crippen molar-refractivity contribution in [1.29, 1.82) is 0 Å². The van der Waals surface area contributed by atoms with E-state index in [0.717, 1.165) is 51.1 Å². The van der Waals surface area contributed by atoms with Crippen LogP contribution in [0.4, 0.5) is 5.69 Å². The zero-order valence-electron chi connectivity index (χ0n) is 18.4. The summed E-state index contributed by atoms with van der Waals surface area (Å²) in [5, 5.41) is 4.33. The molecule has 162 valence electrons. The van der Waals surface area contributed by atoms with Crippen molar-refractivity contribution in [2.45, 2.75) is 19.5 Å². The fourth-order valence-electron chi connectivity index (χ4n) is 4.31. The highest BCUT2D eigenvalue weighted by Crippen LogP contribution is 2.46. The molecule has 2 heterocycles. The molecule has 0 radical (unpaired) electrons. The van der Waals surface area contributed by atoms with Crippen LogP contribution in [-0.2, 0) is 5.66 Å². The Morgan fingerprint density at radius 3 is 2.03 bits per heavy atom. The van der Waals surface area contributed by atoms with E-state index in [4.69, 9.17) is 26.1 Å². The average molecular weight is 446 g/mol. The molecule has 0 bridgehead atoms. The highest BCUT2D eigenvalue weighted by Gasteiger charge is 2.35. The first-order valence-corrected chi connectivity index (χ1v) is 10.8. The predicted molar refractivity (Wildman–Crippen MR) is 130 cm³/mol. The molecule has 1 aliphatic rings. The molecule has 6 heteroatoms. The number of hydrogen-bond acceptors (Lipinski definition) is 4. The average Bonchev–Trinajstić information content (AvgIpc) is 3.22. The molecule has 1 aromatic heterocycles. The Morgan fingerprint density at radius 1 is 0.844 bits per heavy atom. The van der Waals surface area contributed by atoms with E-state index < -0.39 is 5.66 Å². The van der Waals surface area contributed by atoms with Crippen LogP contribution in [0.15, 0.2) is 66.7 Å². The number of imidazole rings is 1. The van der Waals surface area contributed by atoms with Crippen molar-refractivity contribution >= 4 is 17.3 Å². The molecule has 0 atom stereocenters. The van der Waals surface area contributed by atoms with E-state index in [1.807, 2.05) is 54.6 Å². The van der Waals surface area contributed by atoms with Crippen molar-refractivity contribution in [2.24, 2.45) is 0 Å². The Morgan fingerprint density at radius 2 is 1.44 bits per heavy atom. The van der Waals surface area contributed by atoms with Gasteiger partial charge < -0.3 is 19.4 Å². The van der Waals surface area contributed by atoms with Gasteiger partial charge in [-0.2, -0.15) is 0 Å². The number of aromatic nitrogens is 2. The lowest BCUT2D eigenvalue weighted by Gasteiger charge is -2.37. The number of methoxy groups -OCH3 is 2. The van der Waals surface area contributed by atoms with Gasteiger partial charge in [0.15, 0.2) is 0 Å². The van der Waals surface area contributed by atoms with E-state index in [2.05, 4.69) is 35.9 Å². The molecule has 5 rings (SSSR count). The van der Waals surface area contributed by atoms with Gasteiger partial charge in [0.1, 0.15) is 23.0 Å². The van der Waals surface area contributed by atoms with E-state index >= 15 is 0 Å². The molecule has 1 N–H and O–H groups in total. The van der Waals surface area contributed by atoms with Crippen LogP contribution in [0.25, 0.3) is 33.9 Å². The van der Waals surface area contributed by atoms with Crippen LogP contribution in [0.2, 0.25) is 5.02 Å². The first-order valence-electron chi connectivity index (χ1n) is 10.4. The second-order valence-electron chi connectivity index (χ2n) is 8.30. The Labute approximate surface area is 192 Å². The normalized spacial score (nSPS) is 13.7. The second-order valence-corrected chi connectivity index (χ2v) is 8.74. The first kappa shape index (κ1) is 20.5. The largest absolute Gasteiger partial charge is 0.497 e. The van der Waals surface area contributed by atoms with E-state index in [0.29, 0.717) is 5.02 Å². The lowest BCUT2D eigenvalue weighted by atomic mass is 10.0. The van der Waals surface area contributed by atoms with Gasteiger partial charge in [-0.3, -0.25) is 0 Å². The number of rotatable bonds is 4. The number of benzene rings is 3. The first-order chi connectivity index (χ1) is 15.4. The maximum absolute atomic E-state index is 6.37. The molecule has 0 amide bonds. The zero-order valence-corrected chi connectivity index (χ0v) is 19.2. The molecular formula is C26H24ClN3O2. The summed E-state index contributed by atoms with van der Waals surface area (Å²) in [5.74, 6) is 2.50. The van der Waals surface area contributed by atoms with Crippen molar-refractivity contribution in [3.8, 4) is 45.4 Å². The number of anilines is 1. The molecule has 3 aromatic carbocycles. The summed E-state index contributed by atoms with van der Waals surface area (Å²) >= 11 is 6.37. The van der Waals surface area contributed by atoms with E-state index in [1.54, 1.807) is 14.2 Å². The summed E-state index contributed by atoms with van der Waals surface area (Å²) in [4.78, 5) is 5.17. The Bertz CT molecular complexity index is 1290. The van der Waals surface area contributed by atoms with Gasteiger partial charge in [0.2, 0.25) is 0 Å². The molecular weight excluding hydrogens is 422 g/mol. The summed E-state index contributed by atoms with van der Waals surface area (Å²) < 4.78 is 13.0. The second kappa shape index (κ2) is 7.61. The molecule has 0 unspecified atom stereocenters. The van der Waals surface area contributed by atoms with Gasteiger partial charge in [0, 0.05) is 27.4 Å². The van der Waals surface area contributed by atoms with Crippen LogP contribution in [0.3, 0.4) is 0 Å². The molecule has 5 nitrogen and oxygen atoms in total. The van der Waals surface area contributed by atoms with Crippen molar-refractivity contribution in [2.75, 3.05) is 19.5 Å². The smallest absolute Gasteiger partial charge is 0.145 e. The van der Waals surface area contributed by atoms with Crippen molar-refractivity contribution in [3.05, 3.63) is 71.8 Å².